The molecule has 174 valence electrons. The van der Waals surface area contributed by atoms with E-state index in [1.54, 1.807) is 0 Å². The number of aryl methyl sites for hydroxylation is 1. The van der Waals surface area contributed by atoms with E-state index < -0.39 is 8.32 Å². The first-order valence-corrected chi connectivity index (χ1v) is 14.1. The van der Waals surface area contributed by atoms with Crippen LogP contribution >= 0.6 is 0 Å². The minimum atomic E-state index is -1.88. The predicted molar refractivity (Wildman–Crippen MR) is 132 cm³/mol. The highest BCUT2D eigenvalue weighted by Crippen LogP contribution is 2.36. The highest BCUT2D eigenvalue weighted by atomic mass is 28.4. The summed E-state index contributed by atoms with van der Waals surface area (Å²) in [5, 5.41) is 0.129. The molecule has 2 rings (SSSR count). The van der Waals surface area contributed by atoms with Crippen molar-refractivity contribution in [2.24, 2.45) is 0 Å². The molecule has 0 fully saturated rings. The molecule has 32 heavy (non-hydrogen) atoms. The lowest BCUT2D eigenvalue weighted by Gasteiger charge is -2.36. The van der Waals surface area contributed by atoms with Gasteiger partial charge in [-0.2, -0.15) is 0 Å². The highest BCUT2D eigenvalue weighted by Gasteiger charge is 2.37. The molecule has 0 atom stereocenters. The summed E-state index contributed by atoms with van der Waals surface area (Å²) in [4.78, 5) is 26.4. The van der Waals surface area contributed by atoms with Crippen molar-refractivity contribution < 1.29 is 18.8 Å². The molecule has 5 nitrogen and oxygen atoms in total. The SMILES string of the molecule is COC(=O)CCc1ccc(CC(=O)N(CCO[Si](C)(C)C(C)(C)C)c2ccccc2)cc1. The number of esters is 1. The molecule has 2 aromatic rings. The van der Waals surface area contributed by atoms with Gasteiger partial charge in [-0.05, 0) is 47.8 Å². The molecule has 0 aliphatic heterocycles. The number of rotatable bonds is 10. The van der Waals surface area contributed by atoms with Crippen LogP contribution in [0.4, 0.5) is 5.69 Å². The van der Waals surface area contributed by atoms with Crippen LogP contribution in [0.2, 0.25) is 18.1 Å². The Balaban J connectivity index is 2.05. The summed E-state index contributed by atoms with van der Waals surface area (Å²) < 4.78 is 11.0. The molecular formula is C26H37NO4Si. The van der Waals surface area contributed by atoms with E-state index in [1.807, 2.05) is 59.5 Å². The summed E-state index contributed by atoms with van der Waals surface area (Å²) >= 11 is 0. The predicted octanol–water partition coefficient (Wildman–Crippen LogP) is 5.39. The van der Waals surface area contributed by atoms with Crippen molar-refractivity contribution in [2.75, 3.05) is 25.2 Å². The van der Waals surface area contributed by atoms with Crippen molar-refractivity contribution in [1.82, 2.24) is 0 Å². The van der Waals surface area contributed by atoms with Gasteiger partial charge in [-0.1, -0.05) is 63.2 Å². The summed E-state index contributed by atoms with van der Waals surface area (Å²) in [6.45, 7) is 12.1. The maximum atomic E-state index is 13.2. The lowest BCUT2D eigenvalue weighted by Crippen LogP contribution is -2.44. The average molecular weight is 456 g/mol. The number of amides is 1. The van der Waals surface area contributed by atoms with E-state index in [2.05, 4.69) is 33.9 Å². The Morgan fingerprint density at radius 2 is 1.53 bits per heavy atom. The molecule has 0 spiro atoms. The minimum absolute atomic E-state index is 0.0392. The van der Waals surface area contributed by atoms with E-state index in [-0.39, 0.29) is 16.9 Å². The van der Waals surface area contributed by atoms with Gasteiger partial charge >= 0.3 is 5.97 Å². The standard InChI is InChI=1S/C26H37NO4Si/c1-26(2,3)32(5,6)31-19-18-27(23-10-8-7-9-11-23)24(28)20-22-14-12-21(13-15-22)16-17-25(29)30-4/h7-15H,16-20H2,1-6H3. The molecule has 0 aliphatic carbocycles. The Labute approximate surface area is 193 Å². The zero-order valence-electron chi connectivity index (χ0n) is 20.3. The quantitative estimate of drug-likeness (QED) is 0.356. The summed E-state index contributed by atoms with van der Waals surface area (Å²) in [5.41, 5.74) is 2.88. The van der Waals surface area contributed by atoms with Crippen LogP contribution < -0.4 is 4.90 Å². The number of para-hydroxylation sites is 1. The zero-order valence-corrected chi connectivity index (χ0v) is 21.3. The van der Waals surface area contributed by atoms with E-state index in [0.717, 1.165) is 16.8 Å². The molecule has 1 amide bonds. The van der Waals surface area contributed by atoms with Gasteiger partial charge in [0.05, 0.1) is 20.1 Å². The Bertz CT molecular complexity index is 873. The van der Waals surface area contributed by atoms with Crippen LogP contribution in [0.15, 0.2) is 54.6 Å². The van der Waals surface area contributed by atoms with Gasteiger partial charge < -0.3 is 14.1 Å². The molecule has 0 saturated carbocycles. The number of carbonyl (C=O) groups is 2. The molecule has 0 N–H and O–H groups in total. The second-order valence-electron chi connectivity index (χ2n) is 9.56. The number of ether oxygens (including phenoxy) is 1. The van der Waals surface area contributed by atoms with Gasteiger partial charge in [-0.3, -0.25) is 9.59 Å². The van der Waals surface area contributed by atoms with Crippen molar-refractivity contribution in [3.05, 3.63) is 65.7 Å². The van der Waals surface area contributed by atoms with Crippen LogP contribution in [0.25, 0.3) is 0 Å². The van der Waals surface area contributed by atoms with Crippen molar-refractivity contribution >= 4 is 25.9 Å². The lowest BCUT2D eigenvalue weighted by molar-refractivity contribution is -0.140. The molecule has 0 bridgehead atoms. The van der Waals surface area contributed by atoms with Crippen LogP contribution in [0.5, 0.6) is 0 Å². The van der Waals surface area contributed by atoms with Gasteiger partial charge in [0.1, 0.15) is 0 Å². The van der Waals surface area contributed by atoms with E-state index in [4.69, 9.17) is 9.16 Å². The molecule has 0 unspecified atom stereocenters. The maximum absolute atomic E-state index is 13.2. The van der Waals surface area contributed by atoms with Crippen molar-refractivity contribution in [2.45, 2.75) is 58.2 Å². The fourth-order valence-corrected chi connectivity index (χ4v) is 4.09. The zero-order chi connectivity index (χ0) is 23.8. The molecule has 0 aromatic heterocycles. The largest absolute Gasteiger partial charge is 0.469 e. The van der Waals surface area contributed by atoms with Crippen molar-refractivity contribution in [3.8, 4) is 0 Å². The Kier molecular flexibility index (Phi) is 9.22. The highest BCUT2D eigenvalue weighted by molar-refractivity contribution is 6.74. The fraction of sp³-hybridized carbons (Fsp3) is 0.462. The Morgan fingerprint density at radius 3 is 2.09 bits per heavy atom. The van der Waals surface area contributed by atoms with E-state index in [1.165, 1.54) is 7.11 Å². The number of hydrogen-bond acceptors (Lipinski definition) is 4. The van der Waals surface area contributed by atoms with Crippen LogP contribution in [-0.2, 0) is 31.6 Å². The third-order valence-electron chi connectivity index (χ3n) is 6.18. The van der Waals surface area contributed by atoms with Crippen molar-refractivity contribution in [1.29, 1.82) is 0 Å². The first kappa shape index (κ1) is 25.8. The van der Waals surface area contributed by atoms with E-state index in [0.29, 0.717) is 32.4 Å². The van der Waals surface area contributed by atoms with Gasteiger partial charge in [0, 0.05) is 18.7 Å². The average Bonchev–Trinajstić information content (AvgIpc) is 2.75. The number of anilines is 1. The second-order valence-corrected chi connectivity index (χ2v) is 14.4. The number of nitrogens with zero attached hydrogens (tertiary/aromatic N) is 1. The molecule has 6 heteroatoms. The smallest absolute Gasteiger partial charge is 0.305 e. The van der Waals surface area contributed by atoms with Gasteiger partial charge in [0.2, 0.25) is 5.91 Å². The summed E-state index contributed by atoms with van der Waals surface area (Å²) in [6.07, 6.45) is 1.29. The lowest BCUT2D eigenvalue weighted by atomic mass is 10.0. The molecule has 0 radical (unpaired) electrons. The molecule has 0 heterocycles. The molecule has 2 aromatic carbocycles. The summed E-state index contributed by atoms with van der Waals surface area (Å²) in [6, 6.07) is 17.6. The Morgan fingerprint density at radius 1 is 0.938 bits per heavy atom. The van der Waals surface area contributed by atoms with Crippen LogP contribution in [0.1, 0.15) is 38.3 Å². The topological polar surface area (TPSA) is 55.8 Å². The van der Waals surface area contributed by atoms with Crippen LogP contribution in [-0.4, -0.2) is 40.5 Å². The monoisotopic (exact) mass is 455 g/mol. The fourth-order valence-electron chi connectivity index (χ4n) is 3.06. The van der Waals surface area contributed by atoms with Crippen molar-refractivity contribution in [3.63, 3.8) is 0 Å². The Hall–Kier alpha value is -2.44. The second kappa shape index (κ2) is 11.4. The maximum Gasteiger partial charge on any atom is 0.305 e. The molecular weight excluding hydrogens is 418 g/mol. The van der Waals surface area contributed by atoms with E-state index in [9.17, 15) is 9.59 Å². The van der Waals surface area contributed by atoms with Gasteiger partial charge in [0.25, 0.3) is 0 Å². The normalized spacial score (nSPS) is 11.8. The van der Waals surface area contributed by atoms with Gasteiger partial charge in [0.15, 0.2) is 8.32 Å². The molecule has 0 saturated heterocycles. The van der Waals surface area contributed by atoms with Crippen LogP contribution in [0, 0.1) is 0 Å². The summed E-state index contributed by atoms with van der Waals surface area (Å²) in [7, 11) is -0.482. The third-order valence-corrected chi connectivity index (χ3v) is 10.7. The van der Waals surface area contributed by atoms with Crippen LogP contribution in [0.3, 0.4) is 0 Å². The number of methoxy groups -OCH3 is 1. The minimum Gasteiger partial charge on any atom is -0.469 e. The number of hydrogen-bond donors (Lipinski definition) is 0. The number of benzene rings is 2. The third kappa shape index (κ3) is 7.60. The first-order valence-electron chi connectivity index (χ1n) is 11.2. The van der Waals surface area contributed by atoms with Gasteiger partial charge in [-0.25, -0.2) is 0 Å². The first-order chi connectivity index (χ1) is 15.0. The summed E-state index contributed by atoms with van der Waals surface area (Å²) in [5.74, 6) is -0.181. The van der Waals surface area contributed by atoms with Gasteiger partial charge in [-0.15, -0.1) is 0 Å². The van der Waals surface area contributed by atoms with E-state index >= 15 is 0 Å². The molecule has 0 aliphatic rings. The number of carbonyl (C=O) groups excluding carboxylic acids is 2.